The van der Waals surface area contributed by atoms with Crippen molar-refractivity contribution < 1.29 is 22.7 Å². The summed E-state index contributed by atoms with van der Waals surface area (Å²) in [6, 6.07) is 1.51. The van der Waals surface area contributed by atoms with Crippen LogP contribution in [0.15, 0.2) is 12.1 Å². The van der Waals surface area contributed by atoms with Crippen LogP contribution in [0.2, 0.25) is 0 Å². The lowest BCUT2D eigenvalue weighted by Crippen LogP contribution is -2.07. The highest BCUT2D eigenvalue weighted by Crippen LogP contribution is 2.18. The van der Waals surface area contributed by atoms with Gasteiger partial charge in [-0.3, -0.25) is 0 Å². The van der Waals surface area contributed by atoms with Crippen LogP contribution in [-0.4, -0.2) is 27.8 Å². The van der Waals surface area contributed by atoms with Gasteiger partial charge in [0.2, 0.25) is 5.82 Å². The highest BCUT2D eigenvalue weighted by Gasteiger charge is 2.18. The van der Waals surface area contributed by atoms with Crippen LogP contribution in [0.1, 0.15) is 28.9 Å². The molecule has 106 valence electrons. The predicted octanol–water partition coefficient (Wildman–Crippen LogP) is 1.99. The van der Waals surface area contributed by atoms with Crippen molar-refractivity contribution in [2.45, 2.75) is 13.3 Å². The summed E-state index contributed by atoms with van der Waals surface area (Å²) in [5.41, 5.74) is -0.489. The van der Waals surface area contributed by atoms with E-state index >= 15 is 0 Å². The van der Waals surface area contributed by atoms with Crippen molar-refractivity contribution in [2.24, 2.45) is 0 Å². The van der Waals surface area contributed by atoms with Gasteiger partial charge in [-0.2, -0.15) is 0 Å². The minimum atomic E-state index is -1.29. The number of aromatic amines is 1. The summed E-state index contributed by atoms with van der Waals surface area (Å²) in [6.45, 7) is 1.77. The lowest BCUT2D eigenvalue weighted by molar-refractivity contribution is 0.0512. The molecule has 0 amide bonds. The second kappa shape index (κ2) is 5.72. The number of rotatable bonds is 4. The first kappa shape index (κ1) is 14.0. The Morgan fingerprint density at radius 3 is 2.65 bits per heavy atom. The van der Waals surface area contributed by atoms with E-state index in [0.29, 0.717) is 6.07 Å². The van der Waals surface area contributed by atoms with Crippen molar-refractivity contribution in [1.82, 2.24) is 15.2 Å². The number of halogens is 3. The Bertz CT molecular complexity index is 643. The van der Waals surface area contributed by atoms with Crippen LogP contribution in [0, 0.1) is 17.5 Å². The van der Waals surface area contributed by atoms with Gasteiger partial charge in [-0.25, -0.2) is 18.0 Å². The monoisotopic (exact) mass is 285 g/mol. The van der Waals surface area contributed by atoms with E-state index in [0.717, 1.165) is 6.07 Å². The number of hydrogen-bond acceptors (Lipinski definition) is 4. The lowest BCUT2D eigenvalue weighted by Gasteiger charge is -2.03. The van der Waals surface area contributed by atoms with Crippen molar-refractivity contribution >= 4 is 5.97 Å². The fourth-order valence-corrected chi connectivity index (χ4v) is 1.57. The standard InChI is InChI=1S/C12H10F3N3O2/c1-2-20-12(19)11-16-9(17-18-11)5-6-7(13)3-4-8(14)10(6)15/h3-4H,2,5H2,1H3,(H,16,17,18). The van der Waals surface area contributed by atoms with Gasteiger partial charge in [0.1, 0.15) is 11.6 Å². The molecule has 2 rings (SSSR count). The third kappa shape index (κ3) is 2.79. The molecule has 0 saturated heterocycles. The maximum Gasteiger partial charge on any atom is 0.376 e. The molecule has 1 aromatic heterocycles. The summed E-state index contributed by atoms with van der Waals surface area (Å²) in [4.78, 5) is 13.8. The Kier molecular flexibility index (Phi) is 4.02. The Morgan fingerprint density at radius 1 is 1.25 bits per heavy atom. The number of hydrogen-bond donors (Lipinski definition) is 1. The van der Waals surface area contributed by atoms with Gasteiger partial charge in [0, 0.05) is 12.0 Å². The molecule has 0 fully saturated rings. The number of benzene rings is 1. The Hall–Kier alpha value is -2.38. The maximum absolute atomic E-state index is 13.5. The summed E-state index contributed by atoms with van der Waals surface area (Å²) in [7, 11) is 0. The number of esters is 1. The van der Waals surface area contributed by atoms with Crippen LogP contribution in [0.3, 0.4) is 0 Å². The zero-order valence-electron chi connectivity index (χ0n) is 10.4. The zero-order chi connectivity index (χ0) is 14.7. The maximum atomic E-state index is 13.5. The van der Waals surface area contributed by atoms with Crippen molar-refractivity contribution in [3.63, 3.8) is 0 Å². The average molecular weight is 285 g/mol. The summed E-state index contributed by atoms with van der Waals surface area (Å²) in [6.07, 6.45) is -0.359. The molecule has 5 nitrogen and oxygen atoms in total. The Morgan fingerprint density at radius 2 is 1.95 bits per heavy atom. The molecule has 0 spiro atoms. The van der Waals surface area contributed by atoms with Crippen LogP contribution < -0.4 is 0 Å². The van der Waals surface area contributed by atoms with E-state index in [4.69, 9.17) is 0 Å². The second-order valence-electron chi connectivity index (χ2n) is 3.84. The molecule has 1 heterocycles. The van der Waals surface area contributed by atoms with E-state index in [1.807, 2.05) is 0 Å². The first-order valence-electron chi connectivity index (χ1n) is 5.74. The van der Waals surface area contributed by atoms with Gasteiger partial charge in [-0.05, 0) is 19.1 Å². The van der Waals surface area contributed by atoms with Crippen molar-refractivity contribution in [1.29, 1.82) is 0 Å². The number of aromatic nitrogens is 3. The largest absolute Gasteiger partial charge is 0.460 e. The Balaban J connectivity index is 2.23. The molecule has 0 aliphatic carbocycles. The van der Waals surface area contributed by atoms with E-state index < -0.39 is 29.0 Å². The summed E-state index contributed by atoms with van der Waals surface area (Å²) in [5.74, 6) is -4.24. The van der Waals surface area contributed by atoms with Gasteiger partial charge < -0.3 is 9.72 Å². The van der Waals surface area contributed by atoms with Crippen molar-refractivity contribution in [3.05, 3.63) is 46.8 Å². The van der Waals surface area contributed by atoms with Crippen LogP contribution in [0.4, 0.5) is 13.2 Å². The first-order chi connectivity index (χ1) is 9.52. The first-order valence-corrected chi connectivity index (χ1v) is 5.74. The Labute approximate surface area is 111 Å². The molecule has 1 N–H and O–H groups in total. The quantitative estimate of drug-likeness (QED) is 0.689. The minimum absolute atomic E-state index is 0.0245. The minimum Gasteiger partial charge on any atom is -0.460 e. The molecule has 0 saturated carbocycles. The molecule has 1 aromatic carbocycles. The molecule has 0 radical (unpaired) electrons. The van der Waals surface area contributed by atoms with E-state index in [-0.39, 0.29) is 24.7 Å². The zero-order valence-corrected chi connectivity index (χ0v) is 10.4. The fraction of sp³-hybridized carbons (Fsp3) is 0.250. The van der Waals surface area contributed by atoms with Gasteiger partial charge in [0.05, 0.1) is 6.61 Å². The predicted molar refractivity (Wildman–Crippen MR) is 61.5 cm³/mol. The third-order valence-corrected chi connectivity index (χ3v) is 2.49. The molecular formula is C12H10F3N3O2. The summed E-state index contributed by atoms with van der Waals surface area (Å²) in [5, 5.41) is 7.06. The molecule has 0 atom stereocenters. The average Bonchev–Trinajstić information content (AvgIpc) is 2.88. The molecule has 0 aliphatic rings. The number of carbonyl (C=O) groups excluding carboxylic acids is 1. The van der Waals surface area contributed by atoms with Crippen molar-refractivity contribution in [3.8, 4) is 0 Å². The third-order valence-electron chi connectivity index (χ3n) is 2.49. The highest BCUT2D eigenvalue weighted by molar-refractivity contribution is 5.84. The number of H-pyrrole nitrogens is 1. The van der Waals surface area contributed by atoms with Crippen LogP contribution in [0.25, 0.3) is 0 Å². The fourth-order valence-electron chi connectivity index (χ4n) is 1.57. The van der Waals surface area contributed by atoms with Crippen LogP contribution in [-0.2, 0) is 11.2 Å². The van der Waals surface area contributed by atoms with Gasteiger partial charge in [0.25, 0.3) is 0 Å². The molecule has 0 bridgehead atoms. The molecular weight excluding hydrogens is 275 g/mol. The van der Waals surface area contributed by atoms with Gasteiger partial charge in [0.15, 0.2) is 11.6 Å². The van der Waals surface area contributed by atoms with Gasteiger partial charge >= 0.3 is 5.97 Å². The molecule has 8 heteroatoms. The van der Waals surface area contributed by atoms with Crippen LogP contribution in [0.5, 0.6) is 0 Å². The topological polar surface area (TPSA) is 67.9 Å². The SMILES string of the molecule is CCOC(=O)c1nnc(Cc2c(F)ccc(F)c2F)[nH]1. The lowest BCUT2D eigenvalue weighted by atomic mass is 10.1. The number of nitrogens with zero attached hydrogens (tertiary/aromatic N) is 2. The number of carbonyl (C=O) groups is 1. The molecule has 20 heavy (non-hydrogen) atoms. The summed E-state index contributed by atoms with van der Waals surface area (Å²) >= 11 is 0. The van der Waals surface area contributed by atoms with Gasteiger partial charge in [-0.15, -0.1) is 10.2 Å². The van der Waals surface area contributed by atoms with Crippen molar-refractivity contribution in [2.75, 3.05) is 6.61 Å². The van der Waals surface area contributed by atoms with Gasteiger partial charge in [-0.1, -0.05) is 0 Å². The van der Waals surface area contributed by atoms with Crippen LogP contribution >= 0.6 is 0 Å². The number of ether oxygens (including phenoxy) is 1. The number of nitrogens with one attached hydrogen (secondary N) is 1. The van der Waals surface area contributed by atoms with E-state index in [1.54, 1.807) is 6.92 Å². The van der Waals surface area contributed by atoms with E-state index in [9.17, 15) is 18.0 Å². The normalized spacial score (nSPS) is 10.6. The summed E-state index contributed by atoms with van der Waals surface area (Å²) < 4.78 is 44.6. The highest BCUT2D eigenvalue weighted by atomic mass is 19.2. The van der Waals surface area contributed by atoms with E-state index in [2.05, 4.69) is 19.9 Å². The second-order valence-corrected chi connectivity index (χ2v) is 3.84. The molecule has 0 unspecified atom stereocenters. The molecule has 0 aliphatic heterocycles. The smallest absolute Gasteiger partial charge is 0.376 e. The molecule has 2 aromatic rings. The van der Waals surface area contributed by atoms with E-state index in [1.165, 1.54) is 0 Å².